The maximum absolute atomic E-state index is 12.4. The highest BCUT2D eigenvalue weighted by Gasteiger charge is 2.47. The number of alkyl halides is 3. The Bertz CT molecular complexity index is 427. The number of methoxy groups -OCH3 is 1. The standard InChI is InChI=1S/C13H19F3N2O3/c1-8-3-4-17(6-10(8)21-2)9-5-11(19)18(12(9)20)7-13(14,15)16/h8-10H,3-7H2,1-2H3. The van der Waals surface area contributed by atoms with Gasteiger partial charge in [0.05, 0.1) is 18.6 Å². The number of rotatable bonds is 3. The lowest BCUT2D eigenvalue weighted by molar-refractivity contribution is -0.166. The van der Waals surface area contributed by atoms with Crippen molar-refractivity contribution in [2.75, 3.05) is 26.7 Å². The van der Waals surface area contributed by atoms with Crippen molar-refractivity contribution in [2.24, 2.45) is 5.92 Å². The summed E-state index contributed by atoms with van der Waals surface area (Å²) in [7, 11) is 1.57. The van der Waals surface area contributed by atoms with Gasteiger partial charge in [-0.1, -0.05) is 6.92 Å². The van der Waals surface area contributed by atoms with Crippen molar-refractivity contribution < 1.29 is 27.5 Å². The summed E-state index contributed by atoms with van der Waals surface area (Å²) in [6, 6.07) is -0.787. The second-order valence-electron chi connectivity index (χ2n) is 5.69. The van der Waals surface area contributed by atoms with Crippen LogP contribution in [0.4, 0.5) is 13.2 Å². The van der Waals surface area contributed by atoms with E-state index in [-0.39, 0.29) is 12.5 Å². The Morgan fingerprint density at radius 2 is 2.00 bits per heavy atom. The van der Waals surface area contributed by atoms with Crippen LogP contribution in [0.5, 0.6) is 0 Å². The molecule has 2 aliphatic rings. The SMILES string of the molecule is COC1CN(C2CC(=O)N(CC(F)(F)F)C2=O)CCC1C. The number of likely N-dealkylation sites (tertiary alicyclic amines) is 2. The number of carbonyl (C=O) groups is 2. The second-order valence-corrected chi connectivity index (χ2v) is 5.69. The molecule has 0 radical (unpaired) electrons. The molecule has 3 atom stereocenters. The third-order valence-electron chi connectivity index (χ3n) is 4.22. The zero-order valence-electron chi connectivity index (χ0n) is 12.0. The molecular formula is C13H19F3N2O3. The lowest BCUT2D eigenvalue weighted by atomic mass is 9.94. The fourth-order valence-electron chi connectivity index (χ4n) is 2.94. The highest BCUT2D eigenvalue weighted by molar-refractivity contribution is 6.05. The van der Waals surface area contributed by atoms with E-state index in [0.717, 1.165) is 6.42 Å². The summed E-state index contributed by atoms with van der Waals surface area (Å²) in [6.45, 7) is 1.58. The summed E-state index contributed by atoms with van der Waals surface area (Å²) < 4.78 is 42.6. The highest BCUT2D eigenvalue weighted by atomic mass is 19.4. The minimum Gasteiger partial charge on any atom is -0.380 e. The minimum absolute atomic E-state index is 0.0710. The first kappa shape index (κ1) is 16.2. The van der Waals surface area contributed by atoms with Gasteiger partial charge < -0.3 is 4.74 Å². The highest BCUT2D eigenvalue weighted by Crippen LogP contribution is 2.28. The number of carbonyl (C=O) groups excluding carboxylic acids is 2. The summed E-state index contributed by atoms with van der Waals surface area (Å²) >= 11 is 0. The molecule has 0 aromatic heterocycles. The minimum atomic E-state index is -4.56. The van der Waals surface area contributed by atoms with Crippen LogP contribution in [0.25, 0.3) is 0 Å². The maximum Gasteiger partial charge on any atom is 0.406 e. The smallest absolute Gasteiger partial charge is 0.380 e. The van der Waals surface area contributed by atoms with Crippen LogP contribution in [0.15, 0.2) is 0 Å². The monoisotopic (exact) mass is 308 g/mol. The van der Waals surface area contributed by atoms with E-state index in [1.807, 2.05) is 6.92 Å². The van der Waals surface area contributed by atoms with Crippen LogP contribution in [0.3, 0.4) is 0 Å². The molecule has 2 saturated heterocycles. The van der Waals surface area contributed by atoms with Gasteiger partial charge in [-0.25, -0.2) is 0 Å². The molecule has 2 aliphatic heterocycles. The molecule has 0 aromatic rings. The molecule has 3 unspecified atom stereocenters. The molecule has 2 fully saturated rings. The van der Waals surface area contributed by atoms with Gasteiger partial charge in [-0.15, -0.1) is 0 Å². The number of piperidine rings is 1. The van der Waals surface area contributed by atoms with Crippen LogP contribution in [0.2, 0.25) is 0 Å². The van der Waals surface area contributed by atoms with E-state index in [1.54, 1.807) is 12.0 Å². The number of amides is 2. The number of hydrogen-bond acceptors (Lipinski definition) is 4. The van der Waals surface area contributed by atoms with E-state index in [9.17, 15) is 22.8 Å². The van der Waals surface area contributed by atoms with Gasteiger partial charge >= 0.3 is 6.18 Å². The maximum atomic E-state index is 12.4. The molecule has 2 rings (SSSR count). The van der Waals surface area contributed by atoms with Crippen LogP contribution < -0.4 is 0 Å². The Hall–Kier alpha value is -1.15. The fourth-order valence-corrected chi connectivity index (χ4v) is 2.94. The summed E-state index contributed by atoms with van der Waals surface area (Å²) in [4.78, 5) is 25.9. The van der Waals surface area contributed by atoms with Crippen molar-refractivity contribution in [1.29, 1.82) is 0 Å². The average Bonchev–Trinajstić information content (AvgIpc) is 2.66. The molecule has 0 saturated carbocycles. The van der Waals surface area contributed by atoms with Gasteiger partial charge in [0, 0.05) is 13.7 Å². The van der Waals surface area contributed by atoms with Gasteiger partial charge in [0.15, 0.2) is 0 Å². The molecule has 120 valence electrons. The largest absolute Gasteiger partial charge is 0.406 e. The molecule has 2 heterocycles. The molecule has 0 aromatic carbocycles. The molecule has 21 heavy (non-hydrogen) atoms. The van der Waals surface area contributed by atoms with Gasteiger partial charge in [0.25, 0.3) is 0 Å². The van der Waals surface area contributed by atoms with Crippen LogP contribution in [0, 0.1) is 5.92 Å². The first-order valence-electron chi connectivity index (χ1n) is 6.90. The zero-order chi connectivity index (χ0) is 15.8. The molecule has 0 aliphatic carbocycles. The Balaban J connectivity index is 2.05. The first-order chi connectivity index (χ1) is 9.73. The van der Waals surface area contributed by atoms with Crippen molar-refractivity contribution in [3.8, 4) is 0 Å². The second kappa shape index (κ2) is 5.92. The summed E-state index contributed by atoms with van der Waals surface area (Å²) in [5.74, 6) is -1.18. The molecular weight excluding hydrogens is 289 g/mol. The Kier molecular flexibility index (Phi) is 4.57. The average molecular weight is 308 g/mol. The Morgan fingerprint density at radius 1 is 1.33 bits per heavy atom. The third kappa shape index (κ3) is 3.55. The van der Waals surface area contributed by atoms with Gasteiger partial charge in [-0.05, 0) is 18.9 Å². The van der Waals surface area contributed by atoms with Crippen molar-refractivity contribution in [1.82, 2.24) is 9.80 Å². The fraction of sp³-hybridized carbons (Fsp3) is 0.846. The topological polar surface area (TPSA) is 49.9 Å². The molecule has 2 amide bonds. The molecule has 8 heteroatoms. The molecule has 0 spiro atoms. The van der Waals surface area contributed by atoms with Gasteiger partial charge in [0.1, 0.15) is 6.54 Å². The number of nitrogens with zero attached hydrogens (tertiary/aromatic N) is 2. The van der Waals surface area contributed by atoms with Crippen LogP contribution in [-0.4, -0.2) is 66.7 Å². The quantitative estimate of drug-likeness (QED) is 0.731. The van der Waals surface area contributed by atoms with Crippen LogP contribution in [0.1, 0.15) is 19.8 Å². The first-order valence-corrected chi connectivity index (χ1v) is 6.90. The van der Waals surface area contributed by atoms with Crippen molar-refractivity contribution >= 4 is 11.8 Å². The van der Waals surface area contributed by atoms with Crippen LogP contribution >= 0.6 is 0 Å². The number of imide groups is 1. The number of hydrogen-bond donors (Lipinski definition) is 0. The van der Waals surface area contributed by atoms with E-state index in [4.69, 9.17) is 4.74 Å². The summed E-state index contributed by atoms with van der Waals surface area (Å²) in [5, 5.41) is 0. The van der Waals surface area contributed by atoms with Gasteiger partial charge in [0.2, 0.25) is 11.8 Å². The predicted octanol–water partition coefficient (Wildman–Crippen LogP) is 1.03. The summed E-state index contributed by atoms with van der Waals surface area (Å²) in [6.07, 6.45) is -4.03. The van der Waals surface area contributed by atoms with E-state index in [1.165, 1.54) is 0 Å². The van der Waals surface area contributed by atoms with Crippen molar-refractivity contribution in [3.05, 3.63) is 0 Å². The van der Waals surface area contributed by atoms with E-state index < -0.39 is 30.6 Å². The lowest BCUT2D eigenvalue weighted by Gasteiger charge is -2.38. The number of ether oxygens (including phenoxy) is 1. The molecule has 5 nitrogen and oxygen atoms in total. The third-order valence-corrected chi connectivity index (χ3v) is 4.22. The van der Waals surface area contributed by atoms with Gasteiger partial charge in [-0.2, -0.15) is 13.2 Å². The zero-order valence-corrected chi connectivity index (χ0v) is 12.0. The summed E-state index contributed by atoms with van der Waals surface area (Å²) in [5.41, 5.74) is 0. The van der Waals surface area contributed by atoms with Crippen molar-refractivity contribution in [3.63, 3.8) is 0 Å². The van der Waals surface area contributed by atoms with Crippen molar-refractivity contribution in [2.45, 2.75) is 38.1 Å². The molecule has 0 N–H and O–H groups in total. The molecule has 0 bridgehead atoms. The number of halogens is 3. The Morgan fingerprint density at radius 3 is 2.57 bits per heavy atom. The Labute approximate surface area is 121 Å². The lowest BCUT2D eigenvalue weighted by Crippen LogP contribution is -2.51. The normalized spacial score (nSPS) is 32.0. The van der Waals surface area contributed by atoms with Gasteiger partial charge in [-0.3, -0.25) is 19.4 Å². The predicted molar refractivity (Wildman–Crippen MR) is 67.3 cm³/mol. The van der Waals surface area contributed by atoms with E-state index in [2.05, 4.69) is 0 Å². The van der Waals surface area contributed by atoms with E-state index in [0.29, 0.717) is 23.9 Å². The van der Waals surface area contributed by atoms with E-state index >= 15 is 0 Å². The van der Waals surface area contributed by atoms with Crippen LogP contribution in [-0.2, 0) is 14.3 Å².